The minimum Gasteiger partial charge on any atom is -0.491 e. The normalized spacial score (nSPS) is 11.7. The minimum absolute atomic E-state index is 0.0170. The van der Waals surface area contributed by atoms with Crippen molar-refractivity contribution in [2.75, 3.05) is 18.1 Å². The predicted molar refractivity (Wildman–Crippen MR) is 83.7 cm³/mol. The highest BCUT2D eigenvalue weighted by Crippen LogP contribution is 2.44. The lowest BCUT2D eigenvalue weighted by Gasteiger charge is -2.22. The predicted octanol–water partition coefficient (Wildman–Crippen LogP) is 2.61. The molecule has 23 heavy (non-hydrogen) atoms. The van der Waals surface area contributed by atoms with Crippen LogP contribution in [-0.4, -0.2) is 11.6 Å². The maximum absolute atomic E-state index is 11.0. The molecule has 0 radical (unpaired) electrons. The number of anilines is 2. The molecule has 1 aromatic heterocycles. The molecule has 0 bridgehead atoms. The van der Waals surface area contributed by atoms with Crippen LogP contribution in [0, 0.1) is 16.2 Å². The van der Waals surface area contributed by atoms with Gasteiger partial charge < -0.3 is 20.9 Å². The van der Waals surface area contributed by atoms with Gasteiger partial charge in [-0.05, 0) is 18.2 Å². The van der Waals surface area contributed by atoms with E-state index in [1.807, 2.05) is 6.07 Å². The average molecular weight is 311 g/mol. The summed E-state index contributed by atoms with van der Waals surface area (Å²) < 4.78 is 11.1. The first-order chi connectivity index (χ1) is 11.1. The van der Waals surface area contributed by atoms with Gasteiger partial charge in [-0.15, -0.1) is 4.91 Å². The molecule has 0 fully saturated rings. The summed E-state index contributed by atoms with van der Waals surface area (Å²) in [7, 11) is 0. The molecule has 0 amide bonds. The molecular formula is C15H13N5O3. The van der Waals surface area contributed by atoms with Crippen LogP contribution in [-0.2, 0) is 6.42 Å². The van der Waals surface area contributed by atoms with Crippen molar-refractivity contribution in [3.8, 4) is 23.4 Å². The lowest BCUT2D eigenvalue weighted by molar-refractivity contribution is 0.338. The number of hydrogen-bond donors (Lipinski definition) is 2. The Kier molecular flexibility index (Phi) is 3.46. The molecule has 2 aromatic rings. The molecule has 0 unspecified atom stereocenters. The molecule has 3 rings (SSSR count). The SMILES string of the molecule is CCOc1cc2c(cc1N=O)Cc1c(nc(N)c(C#N)c1N)O2. The summed E-state index contributed by atoms with van der Waals surface area (Å²) in [5.74, 6) is 1.09. The van der Waals surface area contributed by atoms with Crippen LogP contribution >= 0.6 is 0 Å². The van der Waals surface area contributed by atoms with Crippen LogP contribution in [0.4, 0.5) is 17.2 Å². The Hall–Kier alpha value is -3.34. The number of pyridine rings is 1. The van der Waals surface area contributed by atoms with Gasteiger partial charge in [0.1, 0.15) is 28.9 Å². The smallest absolute Gasteiger partial charge is 0.226 e. The quantitative estimate of drug-likeness (QED) is 0.709. The molecule has 0 spiro atoms. The van der Waals surface area contributed by atoms with Crippen LogP contribution in [0.5, 0.6) is 17.4 Å². The lowest BCUT2D eigenvalue weighted by atomic mass is 9.98. The number of hydrogen-bond acceptors (Lipinski definition) is 8. The van der Waals surface area contributed by atoms with Crippen molar-refractivity contribution >= 4 is 17.2 Å². The second kappa shape index (κ2) is 5.46. The molecule has 8 heteroatoms. The monoisotopic (exact) mass is 311 g/mol. The van der Waals surface area contributed by atoms with E-state index in [1.165, 1.54) is 0 Å². The van der Waals surface area contributed by atoms with E-state index in [0.717, 1.165) is 0 Å². The van der Waals surface area contributed by atoms with Gasteiger partial charge in [-0.1, -0.05) is 0 Å². The van der Waals surface area contributed by atoms with E-state index in [-0.39, 0.29) is 28.6 Å². The Bertz CT molecular complexity index is 857. The summed E-state index contributed by atoms with van der Waals surface area (Å²) in [5, 5.41) is 12.1. The van der Waals surface area contributed by atoms with E-state index >= 15 is 0 Å². The number of nitriles is 1. The van der Waals surface area contributed by atoms with Crippen LogP contribution in [0.3, 0.4) is 0 Å². The van der Waals surface area contributed by atoms with Gasteiger partial charge in [0.05, 0.1) is 12.3 Å². The van der Waals surface area contributed by atoms with E-state index in [4.69, 9.17) is 26.2 Å². The first-order valence-corrected chi connectivity index (χ1v) is 6.87. The van der Waals surface area contributed by atoms with E-state index < -0.39 is 0 Å². The number of benzene rings is 1. The fraction of sp³-hybridized carbons (Fsp3) is 0.200. The summed E-state index contributed by atoms with van der Waals surface area (Å²) >= 11 is 0. The number of aromatic nitrogens is 1. The van der Waals surface area contributed by atoms with Crippen LogP contribution in [0.15, 0.2) is 17.3 Å². The number of nitrogen functional groups attached to an aromatic ring is 2. The average Bonchev–Trinajstić information content (AvgIpc) is 2.53. The van der Waals surface area contributed by atoms with Crippen molar-refractivity contribution in [3.63, 3.8) is 0 Å². The fourth-order valence-electron chi connectivity index (χ4n) is 2.47. The topological polar surface area (TPSA) is 137 Å². The summed E-state index contributed by atoms with van der Waals surface area (Å²) in [4.78, 5) is 15.1. The zero-order chi connectivity index (χ0) is 16.6. The van der Waals surface area contributed by atoms with Crippen LogP contribution in [0.1, 0.15) is 23.6 Å². The standard InChI is InChI=1S/C15H13N5O3/c1-2-22-12-5-11-7(4-10(12)20-21)3-8-13(17)9(6-16)14(18)19-15(8)23-11/h4-5H,2-3H2,1H3,(H4,17,18,19). The number of rotatable bonds is 3. The second-order valence-electron chi connectivity index (χ2n) is 4.91. The molecule has 0 atom stereocenters. The molecule has 0 saturated carbocycles. The molecule has 1 aliphatic rings. The van der Waals surface area contributed by atoms with Gasteiger partial charge in [0, 0.05) is 23.6 Å². The largest absolute Gasteiger partial charge is 0.491 e. The minimum atomic E-state index is 0.0170. The number of nitrogens with zero attached hydrogens (tertiary/aromatic N) is 3. The lowest BCUT2D eigenvalue weighted by Crippen LogP contribution is -2.12. The van der Waals surface area contributed by atoms with Crippen molar-refractivity contribution in [2.45, 2.75) is 13.3 Å². The summed E-state index contributed by atoms with van der Waals surface area (Å²) in [5.41, 5.74) is 13.5. The number of nitroso groups, excluding NO2 is 1. The Morgan fingerprint density at radius 3 is 2.91 bits per heavy atom. The molecule has 2 heterocycles. The second-order valence-corrected chi connectivity index (χ2v) is 4.91. The zero-order valence-electron chi connectivity index (χ0n) is 12.3. The zero-order valence-corrected chi connectivity index (χ0v) is 12.3. The maximum atomic E-state index is 11.0. The molecule has 0 saturated heterocycles. The van der Waals surface area contributed by atoms with Crippen LogP contribution < -0.4 is 20.9 Å². The molecule has 116 valence electrons. The van der Waals surface area contributed by atoms with E-state index in [2.05, 4.69) is 10.2 Å². The van der Waals surface area contributed by atoms with Crippen LogP contribution in [0.2, 0.25) is 0 Å². The fourth-order valence-corrected chi connectivity index (χ4v) is 2.47. The Labute approximate surface area is 131 Å². The first kappa shape index (κ1) is 14.6. The van der Waals surface area contributed by atoms with Gasteiger partial charge >= 0.3 is 0 Å². The summed E-state index contributed by atoms with van der Waals surface area (Å²) in [6, 6.07) is 5.10. The van der Waals surface area contributed by atoms with Crippen LogP contribution in [0.25, 0.3) is 0 Å². The third kappa shape index (κ3) is 2.28. The highest BCUT2D eigenvalue weighted by Gasteiger charge is 2.26. The Balaban J connectivity index is 2.12. The van der Waals surface area contributed by atoms with Gasteiger partial charge in [-0.2, -0.15) is 10.2 Å². The molecule has 4 N–H and O–H groups in total. The van der Waals surface area contributed by atoms with Gasteiger partial charge in [0.25, 0.3) is 0 Å². The van der Waals surface area contributed by atoms with Gasteiger partial charge in [0.2, 0.25) is 5.88 Å². The van der Waals surface area contributed by atoms with E-state index in [1.54, 1.807) is 19.1 Å². The maximum Gasteiger partial charge on any atom is 0.226 e. The molecule has 0 aliphatic carbocycles. The number of fused-ring (bicyclic) bond motifs is 2. The molecule has 1 aliphatic heterocycles. The highest BCUT2D eigenvalue weighted by atomic mass is 16.5. The Morgan fingerprint density at radius 1 is 1.48 bits per heavy atom. The van der Waals surface area contributed by atoms with E-state index in [9.17, 15) is 4.91 Å². The van der Waals surface area contributed by atoms with Crippen molar-refractivity contribution in [1.29, 1.82) is 5.26 Å². The van der Waals surface area contributed by atoms with Crippen molar-refractivity contribution in [3.05, 3.63) is 33.7 Å². The van der Waals surface area contributed by atoms with Gasteiger partial charge in [-0.3, -0.25) is 0 Å². The van der Waals surface area contributed by atoms with E-state index in [0.29, 0.717) is 35.7 Å². The third-order valence-electron chi connectivity index (χ3n) is 3.56. The molecular weight excluding hydrogens is 298 g/mol. The summed E-state index contributed by atoms with van der Waals surface area (Å²) in [6.45, 7) is 2.19. The van der Waals surface area contributed by atoms with Crippen molar-refractivity contribution in [2.24, 2.45) is 5.18 Å². The van der Waals surface area contributed by atoms with Crippen molar-refractivity contribution in [1.82, 2.24) is 4.98 Å². The van der Waals surface area contributed by atoms with Gasteiger partial charge in [-0.25, -0.2) is 0 Å². The molecule has 1 aromatic carbocycles. The Morgan fingerprint density at radius 2 is 2.26 bits per heavy atom. The number of ether oxygens (including phenoxy) is 2. The van der Waals surface area contributed by atoms with Crippen molar-refractivity contribution < 1.29 is 9.47 Å². The number of nitrogens with two attached hydrogens (primary N) is 2. The summed E-state index contributed by atoms with van der Waals surface area (Å²) in [6.07, 6.45) is 0.355. The first-order valence-electron chi connectivity index (χ1n) is 6.87. The van der Waals surface area contributed by atoms with Gasteiger partial charge in [0.15, 0.2) is 5.75 Å². The highest BCUT2D eigenvalue weighted by molar-refractivity contribution is 5.73. The molecule has 8 nitrogen and oxygen atoms in total. The third-order valence-corrected chi connectivity index (χ3v) is 3.56.